The van der Waals surface area contributed by atoms with Gasteiger partial charge in [-0.15, -0.1) is 11.3 Å². The molecular weight excluding hydrogens is 234 g/mol. The highest BCUT2D eigenvalue weighted by molar-refractivity contribution is 7.11. The molecule has 0 aliphatic rings. The molecule has 1 heterocycles. The van der Waals surface area contributed by atoms with E-state index in [0.717, 1.165) is 27.8 Å². The van der Waals surface area contributed by atoms with E-state index < -0.39 is 0 Å². The molecule has 0 saturated heterocycles. The Hall–Kier alpha value is -1.55. The van der Waals surface area contributed by atoms with E-state index in [9.17, 15) is 0 Å². The largest absolute Gasteiger partial charge is 0.493 e. The Morgan fingerprint density at radius 3 is 2.29 bits per heavy atom. The topological polar surface area (TPSA) is 31.4 Å². The van der Waals surface area contributed by atoms with Crippen LogP contribution in [0.3, 0.4) is 0 Å². The van der Waals surface area contributed by atoms with E-state index in [4.69, 9.17) is 9.47 Å². The normalized spacial score (nSPS) is 10.4. The molecule has 0 aliphatic carbocycles. The minimum atomic E-state index is 0.732. The van der Waals surface area contributed by atoms with Crippen LogP contribution in [0.2, 0.25) is 0 Å². The summed E-state index contributed by atoms with van der Waals surface area (Å²) in [6, 6.07) is 5.87. The minimum absolute atomic E-state index is 0.732. The van der Waals surface area contributed by atoms with Gasteiger partial charge in [-0.25, -0.2) is 4.98 Å². The summed E-state index contributed by atoms with van der Waals surface area (Å²) in [5, 5.41) is 1.08. The van der Waals surface area contributed by atoms with Gasteiger partial charge in [0.15, 0.2) is 11.5 Å². The van der Waals surface area contributed by atoms with Gasteiger partial charge in [0.25, 0.3) is 0 Å². The first kappa shape index (κ1) is 11.9. The molecule has 4 heteroatoms. The van der Waals surface area contributed by atoms with Gasteiger partial charge in [-0.1, -0.05) is 0 Å². The summed E-state index contributed by atoms with van der Waals surface area (Å²) in [4.78, 5) is 5.75. The van der Waals surface area contributed by atoms with Crippen molar-refractivity contribution in [1.82, 2.24) is 4.98 Å². The molecule has 90 valence electrons. The molecule has 17 heavy (non-hydrogen) atoms. The van der Waals surface area contributed by atoms with Gasteiger partial charge in [0, 0.05) is 10.4 Å². The van der Waals surface area contributed by atoms with E-state index in [-0.39, 0.29) is 0 Å². The van der Waals surface area contributed by atoms with Crippen LogP contribution in [-0.2, 0) is 0 Å². The third kappa shape index (κ3) is 2.26. The van der Waals surface area contributed by atoms with E-state index in [2.05, 4.69) is 11.9 Å². The highest BCUT2D eigenvalue weighted by Gasteiger charge is 2.11. The number of methoxy groups -OCH3 is 2. The van der Waals surface area contributed by atoms with Crippen molar-refractivity contribution in [2.45, 2.75) is 13.8 Å². The van der Waals surface area contributed by atoms with Crippen molar-refractivity contribution < 1.29 is 9.47 Å². The molecule has 0 bridgehead atoms. The number of benzene rings is 1. The van der Waals surface area contributed by atoms with Crippen LogP contribution in [0.4, 0.5) is 0 Å². The predicted molar refractivity (Wildman–Crippen MR) is 70.1 cm³/mol. The third-order valence-corrected chi connectivity index (χ3v) is 3.45. The predicted octanol–water partition coefficient (Wildman–Crippen LogP) is 3.44. The van der Waals surface area contributed by atoms with E-state index in [1.54, 1.807) is 25.6 Å². The molecule has 0 amide bonds. The quantitative estimate of drug-likeness (QED) is 0.835. The van der Waals surface area contributed by atoms with Crippen molar-refractivity contribution in [1.29, 1.82) is 0 Å². The summed E-state index contributed by atoms with van der Waals surface area (Å²) in [5.74, 6) is 1.47. The average Bonchev–Trinajstić information content (AvgIpc) is 2.67. The summed E-state index contributed by atoms with van der Waals surface area (Å²) < 4.78 is 10.5. The van der Waals surface area contributed by atoms with Gasteiger partial charge in [-0.2, -0.15) is 0 Å². The monoisotopic (exact) mass is 249 g/mol. The number of ether oxygens (including phenoxy) is 2. The van der Waals surface area contributed by atoms with Crippen LogP contribution in [0.15, 0.2) is 18.2 Å². The fraction of sp³-hybridized carbons (Fsp3) is 0.308. The Labute approximate surface area is 105 Å². The molecule has 0 spiro atoms. The smallest absolute Gasteiger partial charge is 0.161 e. The summed E-state index contributed by atoms with van der Waals surface area (Å²) in [6.45, 7) is 4.10. The number of thiazole rings is 1. The molecule has 2 rings (SSSR count). The van der Waals surface area contributed by atoms with Crippen LogP contribution in [0, 0.1) is 13.8 Å². The third-order valence-electron chi connectivity index (χ3n) is 2.56. The standard InChI is InChI=1S/C13H15NO2S/c1-8-13(14-9(2)17-8)10-5-6-11(15-3)12(7-10)16-4/h5-7H,1-4H3. The van der Waals surface area contributed by atoms with Crippen LogP contribution in [0.5, 0.6) is 11.5 Å². The van der Waals surface area contributed by atoms with Crippen LogP contribution >= 0.6 is 11.3 Å². The summed E-state index contributed by atoms with van der Waals surface area (Å²) >= 11 is 1.70. The van der Waals surface area contributed by atoms with Crippen molar-refractivity contribution in [3.05, 3.63) is 28.1 Å². The number of hydrogen-bond donors (Lipinski definition) is 0. The number of hydrogen-bond acceptors (Lipinski definition) is 4. The molecule has 2 aromatic rings. The van der Waals surface area contributed by atoms with Crippen LogP contribution < -0.4 is 9.47 Å². The second-order valence-electron chi connectivity index (χ2n) is 3.71. The first-order valence-corrected chi connectivity index (χ1v) is 6.13. The molecule has 1 aromatic heterocycles. The lowest BCUT2D eigenvalue weighted by Crippen LogP contribution is -1.91. The molecule has 0 N–H and O–H groups in total. The lowest BCUT2D eigenvalue weighted by atomic mass is 10.1. The average molecular weight is 249 g/mol. The fourth-order valence-corrected chi connectivity index (χ4v) is 2.62. The van der Waals surface area contributed by atoms with Gasteiger partial charge in [-0.3, -0.25) is 0 Å². The van der Waals surface area contributed by atoms with E-state index in [1.165, 1.54) is 4.88 Å². The van der Waals surface area contributed by atoms with Crippen molar-refractivity contribution in [2.24, 2.45) is 0 Å². The molecule has 1 aromatic carbocycles. The van der Waals surface area contributed by atoms with Crippen LogP contribution in [0.25, 0.3) is 11.3 Å². The van der Waals surface area contributed by atoms with Crippen molar-refractivity contribution in [2.75, 3.05) is 14.2 Å². The minimum Gasteiger partial charge on any atom is -0.493 e. The summed E-state index contributed by atoms with van der Waals surface area (Å²) in [5.41, 5.74) is 2.08. The lowest BCUT2D eigenvalue weighted by Gasteiger charge is -2.08. The second-order valence-corrected chi connectivity index (χ2v) is 5.11. The van der Waals surface area contributed by atoms with Gasteiger partial charge in [0.1, 0.15) is 0 Å². The number of rotatable bonds is 3. The maximum atomic E-state index is 5.30. The number of aromatic nitrogens is 1. The summed E-state index contributed by atoms with van der Waals surface area (Å²) in [6.07, 6.45) is 0. The van der Waals surface area contributed by atoms with Gasteiger partial charge in [0.2, 0.25) is 0 Å². The van der Waals surface area contributed by atoms with Crippen molar-refractivity contribution >= 4 is 11.3 Å². The maximum absolute atomic E-state index is 5.30. The van der Waals surface area contributed by atoms with Gasteiger partial charge in [-0.05, 0) is 32.0 Å². The van der Waals surface area contributed by atoms with Gasteiger partial charge < -0.3 is 9.47 Å². The van der Waals surface area contributed by atoms with E-state index >= 15 is 0 Å². The number of aryl methyl sites for hydroxylation is 2. The summed E-state index contributed by atoms with van der Waals surface area (Å²) in [7, 11) is 3.27. The molecule has 0 saturated carbocycles. The first-order chi connectivity index (χ1) is 8.15. The maximum Gasteiger partial charge on any atom is 0.161 e. The first-order valence-electron chi connectivity index (χ1n) is 5.32. The molecule has 0 aliphatic heterocycles. The highest BCUT2D eigenvalue weighted by atomic mass is 32.1. The molecular formula is C13H15NO2S. The fourth-order valence-electron chi connectivity index (χ4n) is 1.78. The van der Waals surface area contributed by atoms with Crippen LogP contribution in [-0.4, -0.2) is 19.2 Å². The Kier molecular flexibility index (Phi) is 3.33. The Morgan fingerprint density at radius 1 is 1.06 bits per heavy atom. The van der Waals surface area contributed by atoms with Gasteiger partial charge in [0.05, 0.1) is 24.9 Å². The van der Waals surface area contributed by atoms with Crippen molar-refractivity contribution in [3.8, 4) is 22.8 Å². The lowest BCUT2D eigenvalue weighted by molar-refractivity contribution is 0.355. The zero-order chi connectivity index (χ0) is 12.4. The zero-order valence-electron chi connectivity index (χ0n) is 10.4. The van der Waals surface area contributed by atoms with E-state index in [1.807, 2.05) is 25.1 Å². The molecule has 0 fully saturated rings. The zero-order valence-corrected chi connectivity index (χ0v) is 11.2. The molecule has 0 unspecified atom stereocenters. The Morgan fingerprint density at radius 2 is 1.76 bits per heavy atom. The van der Waals surface area contributed by atoms with Gasteiger partial charge >= 0.3 is 0 Å². The molecule has 3 nitrogen and oxygen atoms in total. The van der Waals surface area contributed by atoms with Crippen LogP contribution in [0.1, 0.15) is 9.88 Å². The second kappa shape index (κ2) is 4.75. The van der Waals surface area contributed by atoms with Crippen molar-refractivity contribution in [3.63, 3.8) is 0 Å². The van der Waals surface area contributed by atoms with E-state index in [0.29, 0.717) is 0 Å². The number of nitrogens with zero attached hydrogens (tertiary/aromatic N) is 1. The Balaban J connectivity index is 2.50. The molecule has 0 radical (unpaired) electrons. The molecule has 0 atom stereocenters. The highest BCUT2D eigenvalue weighted by Crippen LogP contribution is 2.34. The SMILES string of the molecule is COc1ccc(-c2nc(C)sc2C)cc1OC. The Bertz CT molecular complexity index is 534.